The minimum atomic E-state index is -0.0986. The first-order chi connectivity index (χ1) is 9.47. The number of rotatable bonds is 4. The summed E-state index contributed by atoms with van der Waals surface area (Å²) in [5.74, 6) is 0.0907. The zero-order valence-electron chi connectivity index (χ0n) is 11.9. The number of hydrogen-bond donors (Lipinski definition) is 3. The van der Waals surface area contributed by atoms with E-state index in [1.54, 1.807) is 18.2 Å². The van der Waals surface area contributed by atoms with Crippen molar-refractivity contribution in [2.75, 3.05) is 0 Å². The van der Waals surface area contributed by atoms with Gasteiger partial charge in [0.15, 0.2) is 0 Å². The van der Waals surface area contributed by atoms with Crippen molar-refractivity contribution in [3.05, 3.63) is 46.8 Å². The number of aromatic nitrogens is 2. The molecule has 0 saturated carbocycles. The molecule has 1 aromatic heterocycles. The summed E-state index contributed by atoms with van der Waals surface area (Å²) in [7, 11) is 0. The highest BCUT2D eigenvalue weighted by molar-refractivity contribution is 5.79. The third-order valence-electron chi connectivity index (χ3n) is 3.27. The summed E-state index contributed by atoms with van der Waals surface area (Å²) >= 11 is 0. The van der Waals surface area contributed by atoms with Crippen molar-refractivity contribution in [3.8, 4) is 5.75 Å². The average Bonchev–Trinajstić information content (AvgIpc) is 2.68. The van der Waals surface area contributed by atoms with E-state index in [0.29, 0.717) is 0 Å². The molecule has 0 aliphatic rings. The second kappa shape index (κ2) is 5.77. The molecule has 20 heavy (non-hydrogen) atoms. The van der Waals surface area contributed by atoms with Gasteiger partial charge >= 0.3 is 0 Å². The molecule has 0 bridgehead atoms. The minimum Gasteiger partial charge on any atom is -0.508 e. The maximum absolute atomic E-state index is 12.0. The lowest BCUT2D eigenvalue weighted by Gasteiger charge is -2.14. The Morgan fingerprint density at radius 2 is 2.20 bits per heavy atom. The molecule has 1 amide bonds. The van der Waals surface area contributed by atoms with Crippen LogP contribution in [0.5, 0.6) is 5.75 Å². The molecule has 0 saturated heterocycles. The Kier molecular flexibility index (Phi) is 4.08. The van der Waals surface area contributed by atoms with Crippen LogP contribution in [0.2, 0.25) is 0 Å². The molecular weight excluding hydrogens is 254 g/mol. The summed E-state index contributed by atoms with van der Waals surface area (Å²) in [4.78, 5) is 12.0. The first-order valence-electron chi connectivity index (χ1n) is 6.56. The van der Waals surface area contributed by atoms with Crippen LogP contribution in [0.3, 0.4) is 0 Å². The molecule has 1 atom stereocenters. The molecule has 0 fully saturated rings. The van der Waals surface area contributed by atoms with E-state index < -0.39 is 0 Å². The van der Waals surface area contributed by atoms with Crippen LogP contribution in [0.4, 0.5) is 0 Å². The van der Waals surface area contributed by atoms with Gasteiger partial charge in [0.1, 0.15) is 5.75 Å². The third kappa shape index (κ3) is 3.17. The molecular formula is C15H19N3O2. The van der Waals surface area contributed by atoms with Gasteiger partial charge in [-0.1, -0.05) is 12.1 Å². The molecule has 0 unspecified atom stereocenters. The quantitative estimate of drug-likeness (QED) is 0.798. The molecule has 5 nitrogen and oxygen atoms in total. The molecule has 0 aliphatic heterocycles. The number of benzene rings is 1. The number of aromatic amines is 1. The number of H-pyrrole nitrogens is 1. The summed E-state index contributed by atoms with van der Waals surface area (Å²) in [6, 6.07) is 6.63. The van der Waals surface area contributed by atoms with Crippen LogP contribution in [0.15, 0.2) is 24.3 Å². The van der Waals surface area contributed by atoms with Gasteiger partial charge < -0.3 is 10.4 Å². The van der Waals surface area contributed by atoms with Gasteiger partial charge in [0.25, 0.3) is 0 Å². The third-order valence-corrected chi connectivity index (χ3v) is 3.27. The molecule has 0 radical (unpaired) electrons. The van der Waals surface area contributed by atoms with Crippen molar-refractivity contribution in [2.24, 2.45) is 0 Å². The second-order valence-corrected chi connectivity index (χ2v) is 4.98. The monoisotopic (exact) mass is 273 g/mol. The summed E-state index contributed by atoms with van der Waals surface area (Å²) in [5.41, 5.74) is 3.67. The Balaban J connectivity index is 2.01. The molecule has 2 aromatic rings. The smallest absolute Gasteiger partial charge is 0.224 e. The van der Waals surface area contributed by atoms with Crippen LogP contribution in [-0.4, -0.2) is 21.2 Å². The van der Waals surface area contributed by atoms with Gasteiger partial charge in [0.05, 0.1) is 18.2 Å². The number of carbonyl (C=O) groups is 1. The Hall–Kier alpha value is -2.30. The van der Waals surface area contributed by atoms with Crippen LogP contribution in [-0.2, 0) is 11.2 Å². The maximum Gasteiger partial charge on any atom is 0.224 e. The zero-order valence-corrected chi connectivity index (χ0v) is 11.9. The highest BCUT2D eigenvalue weighted by Crippen LogP contribution is 2.19. The highest BCUT2D eigenvalue weighted by atomic mass is 16.3. The standard InChI is InChI=1S/C15H19N3O2/c1-9(15-10(2)17-18-11(15)3)16-14(20)8-12-5-4-6-13(19)7-12/h4-7,9,19H,8H2,1-3H3,(H,16,20)(H,17,18)/t9-/m0/s1. The van der Waals surface area contributed by atoms with E-state index in [9.17, 15) is 9.90 Å². The van der Waals surface area contributed by atoms with E-state index in [1.807, 2.05) is 26.8 Å². The topological polar surface area (TPSA) is 78.0 Å². The lowest BCUT2D eigenvalue weighted by atomic mass is 10.1. The Morgan fingerprint density at radius 3 is 2.80 bits per heavy atom. The molecule has 1 heterocycles. The fourth-order valence-corrected chi connectivity index (χ4v) is 2.41. The molecule has 2 rings (SSSR count). The van der Waals surface area contributed by atoms with Gasteiger partial charge in [-0.15, -0.1) is 0 Å². The minimum absolute atomic E-state index is 0.0805. The lowest BCUT2D eigenvalue weighted by Crippen LogP contribution is -2.28. The molecule has 1 aromatic carbocycles. The van der Waals surface area contributed by atoms with Crippen molar-refractivity contribution in [1.82, 2.24) is 15.5 Å². The average molecular weight is 273 g/mol. The van der Waals surface area contributed by atoms with Crippen molar-refractivity contribution in [2.45, 2.75) is 33.2 Å². The number of aryl methyl sites for hydroxylation is 2. The fourth-order valence-electron chi connectivity index (χ4n) is 2.41. The number of hydrogen-bond acceptors (Lipinski definition) is 3. The highest BCUT2D eigenvalue weighted by Gasteiger charge is 2.16. The first-order valence-corrected chi connectivity index (χ1v) is 6.56. The van der Waals surface area contributed by atoms with Crippen LogP contribution >= 0.6 is 0 Å². The number of nitrogens with zero attached hydrogens (tertiary/aromatic N) is 1. The predicted octanol–water partition coefficient (Wildman–Crippen LogP) is 2.15. The van der Waals surface area contributed by atoms with Gasteiger partial charge in [0, 0.05) is 11.3 Å². The van der Waals surface area contributed by atoms with Crippen LogP contribution < -0.4 is 5.32 Å². The molecule has 0 aliphatic carbocycles. The number of phenolic OH excluding ortho intramolecular Hbond substituents is 1. The zero-order chi connectivity index (χ0) is 14.7. The molecule has 5 heteroatoms. The summed E-state index contributed by atoms with van der Waals surface area (Å²) in [6.07, 6.45) is 0.245. The molecule has 0 spiro atoms. The first kappa shape index (κ1) is 14.1. The van der Waals surface area contributed by atoms with Gasteiger partial charge in [-0.25, -0.2) is 0 Å². The van der Waals surface area contributed by atoms with E-state index in [1.165, 1.54) is 0 Å². The molecule has 3 N–H and O–H groups in total. The Morgan fingerprint density at radius 1 is 1.45 bits per heavy atom. The van der Waals surface area contributed by atoms with E-state index in [-0.39, 0.29) is 24.1 Å². The largest absolute Gasteiger partial charge is 0.508 e. The van der Waals surface area contributed by atoms with E-state index in [0.717, 1.165) is 22.5 Å². The van der Waals surface area contributed by atoms with Crippen molar-refractivity contribution < 1.29 is 9.90 Å². The second-order valence-electron chi connectivity index (χ2n) is 4.98. The Labute approximate surface area is 118 Å². The molecule has 106 valence electrons. The summed E-state index contributed by atoms with van der Waals surface area (Å²) < 4.78 is 0. The van der Waals surface area contributed by atoms with Crippen LogP contribution in [0.25, 0.3) is 0 Å². The van der Waals surface area contributed by atoms with Crippen molar-refractivity contribution in [1.29, 1.82) is 0 Å². The van der Waals surface area contributed by atoms with Gasteiger partial charge in [0.2, 0.25) is 5.91 Å². The summed E-state index contributed by atoms with van der Waals surface area (Å²) in [5, 5.41) is 19.4. The SMILES string of the molecule is Cc1n[nH]c(C)c1[C@H](C)NC(=O)Cc1cccc(O)c1. The van der Waals surface area contributed by atoms with Crippen molar-refractivity contribution in [3.63, 3.8) is 0 Å². The normalized spacial score (nSPS) is 12.2. The Bertz CT molecular complexity index is 600. The fraction of sp³-hybridized carbons (Fsp3) is 0.333. The maximum atomic E-state index is 12.0. The van der Waals surface area contributed by atoms with Crippen molar-refractivity contribution >= 4 is 5.91 Å². The number of nitrogens with one attached hydrogen (secondary N) is 2. The number of phenols is 1. The lowest BCUT2D eigenvalue weighted by molar-refractivity contribution is -0.121. The number of amides is 1. The number of carbonyl (C=O) groups excluding carboxylic acids is 1. The van der Waals surface area contributed by atoms with E-state index >= 15 is 0 Å². The van der Waals surface area contributed by atoms with Crippen LogP contribution in [0.1, 0.15) is 35.5 Å². The van der Waals surface area contributed by atoms with Gasteiger partial charge in [-0.05, 0) is 38.5 Å². The van der Waals surface area contributed by atoms with E-state index in [2.05, 4.69) is 15.5 Å². The summed E-state index contributed by atoms with van der Waals surface area (Å²) in [6.45, 7) is 5.79. The van der Waals surface area contributed by atoms with E-state index in [4.69, 9.17) is 0 Å². The van der Waals surface area contributed by atoms with Crippen LogP contribution in [0, 0.1) is 13.8 Å². The number of aromatic hydroxyl groups is 1. The van der Waals surface area contributed by atoms with Gasteiger partial charge in [-0.2, -0.15) is 5.10 Å². The van der Waals surface area contributed by atoms with Gasteiger partial charge in [-0.3, -0.25) is 9.89 Å². The predicted molar refractivity (Wildman–Crippen MR) is 76.4 cm³/mol.